The van der Waals surface area contributed by atoms with Crippen LogP contribution in [0.15, 0.2) is 82.1 Å². The van der Waals surface area contributed by atoms with E-state index in [0.29, 0.717) is 32.0 Å². The summed E-state index contributed by atoms with van der Waals surface area (Å²) in [6.45, 7) is 0.213. The number of rotatable bonds is 4. The average Bonchev–Trinajstić information content (AvgIpc) is 3.36. The highest BCUT2D eigenvalue weighted by molar-refractivity contribution is 8.18. The SMILES string of the molecule is O=C1S/C(=C\c2ccc(-c3cccc(Cl)c3Cl)o2)C(=O)N1Cc1cccc2ccccc12. The number of carbonyl (C=O) groups is 2. The van der Waals surface area contributed by atoms with E-state index in [0.717, 1.165) is 28.1 Å². The molecule has 0 atom stereocenters. The first-order valence-corrected chi connectivity index (χ1v) is 11.3. The maximum atomic E-state index is 13.0. The minimum absolute atomic E-state index is 0.213. The second kappa shape index (κ2) is 8.51. The van der Waals surface area contributed by atoms with Crippen LogP contribution in [0.25, 0.3) is 28.2 Å². The number of carbonyl (C=O) groups excluding carboxylic acids is 2. The van der Waals surface area contributed by atoms with Crippen LogP contribution in [0.2, 0.25) is 10.0 Å². The lowest BCUT2D eigenvalue weighted by Gasteiger charge is -2.14. The van der Waals surface area contributed by atoms with Crippen LogP contribution in [0.4, 0.5) is 4.79 Å². The van der Waals surface area contributed by atoms with Crippen molar-refractivity contribution in [1.82, 2.24) is 4.90 Å². The van der Waals surface area contributed by atoms with E-state index in [-0.39, 0.29) is 17.7 Å². The van der Waals surface area contributed by atoms with Gasteiger partial charge in [0.2, 0.25) is 0 Å². The van der Waals surface area contributed by atoms with E-state index in [1.54, 1.807) is 36.4 Å². The van der Waals surface area contributed by atoms with Crippen molar-refractivity contribution in [1.29, 1.82) is 0 Å². The number of fused-ring (bicyclic) bond motifs is 1. The van der Waals surface area contributed by atoms with Crippen molar-refractivity contribution >= 4 is 63.0 Å². The van der Waals surface area contributed by atoms with Gasteiger partial charge < -0.3 is 4.42 Å². The monoisotopic (exact) mass is 479 g/mol. The van der Waals surface area contributed by atoms with E-state index in [4.69, 9.17) is 27.6 Å². The zero-order valence-corrected chi connectivity index (χ0v) is 18.9. The maximum absolute atomic E-state index is 13.0. The van der Waals surface area contributed by atoms with Gasteiger partial charge in [-0.15, -0.1) is 0 Å². The molecule has 1 aromatic heterocycles. The van der Waals surface area contributed by atoms with E-state index in [1.165, 1.54) is 4.90 Å². The zero-order valence-electron chi connectivity index (χ0n) is 16.5. The summed E-state index contributed by atoms with van der Waals surface area (Å²) >= 11 is 13.3. The molecule has 1 aliphatic heterocycles. The van der Waals surface area contributed by atoms with Crippen LogP contribution in [0, 0.1) is 0 Å². The number of benzene rings is 3. The van der Waals surface area contributed by atoms with Gasteiger partial charge in [-0.25, -0.2) is 0 Å². The molecule has 0 saturated carbocycles. The third kappa shape index (κ3) is 3.84. The molecule has 1 aliphatic rings. The largest absolute Gasteiger partial charge is 0.457 e. The molecule has 0 radical (unpaired) electrons. The van der Waals surface area contributed by atoms with Gasteiger partial charge in [0.05, 0.1) is 21.5 Å². The van der Waals surface area contributed by atoms with E-state index in [2.05, 4.69) is 0 Å². The Balaban J connectivity index is 1.41. The molecule has 0 N–H and O–H groups in total. The molecule has 0 unspecified atom stereocenters. The predicted molar refractivity (Wildman–Crippen MR) is 130 cm³/mol. The summed E-state index contributed by atoms with van der Waals surface area (Å²) in [6, 6.07) is 22.5. The zero-order chi connectivity index (χ0) is 22.2. The van der Waals surface area contributed by atoms with Gasteiger partial charge in [0.1, 0.15) is 11.5 Å². The number of amides is 2. The smallest absolute Gasteiger partial charge is 0.293 e. The Morgan fingerprint density at radius 3 is 2.56 bits per heavy atom. The highest BCUT2D eigenvalue weighted by atomic mass is 35.5. The molecule has 1 fully saturated rings. The van der Waals surface area contributed by atoms with Crippen molar-refractivity contribution in [2.24, 2.45) is 0 Å². The van der Waals surface area contributed by atoms with Crippen molar-refractivity contribution in [3.05, 3.63) is 99.1 Å². The predicted octanol–water partition coefficient (Wildman–Crippen LogP) is 7.64. The summed E-state index contributed by atoms with van der Waals surface area (Å²) in [7, 11) is 0. The fourth-order valence-corrected chi connectivity index (χ4v) is 4.85. The highest BCUT2D eigenvalue weighted by Crippen LogP contribution is 2.37. The summed E-state index contributed by atoms with van der Waals surface area (Å²) < 4.78 is 5.85. The topological polar surface area (TPSA) is 50.5 Å². The van der Waals surface area contributed by atoms with Gasteiger partial charge in [0, 0.05) is 11.6 Å². The Morgan fingerprint density at radius 2 is 1.69 bits per heavy atom. The van der Waals surface area contributed by atoms with Crippen LogP contribution in [-0.4, -0.2) is 16.0 Å². The number of thioether (sulfide) groups is 1. The maximum Gasteiger partial charge on any atom is 0.293 e. The fraction of sp³-hybridized carbons (Fsp3) is 0.0400. The van der Waals surface area contributed by atoms with Crippen molar-refractivity contribution in [3.63, 3.8) is 0 Å². The van der Waals surface area contributed by atoms with Crippen LogP contribution in [0.3, 0.4) is 0 Å². The molecular weight excluding hydrogens is 465 g/mol. The van der Waals surface area contributed by atoms with Crippen molar-refractivity contribution in [2.75, 3.05) is 0 Å². The Kier molecular flexibility index (Phi) is 5.55. The first kappa shape index (κ1) is 20.9. The lowest BCUT2D eigenvalue weighted by molar-refractivity contribution is -0.123. The second-order valence-electron chi connectivity index (χ2n) is 7.21. The highest BCUT2D eigenvalue weighted by Gasteiger charge is 2.35. The molecule has 0 bridgehead atoms. The van der Waals surface area contributed by atoms with E-state index in [9.17, 15) is 9.59 Å². The van der Waals surface area contributed by atoms with Crippen LogP contribution in [0.5, 0.6) is 0 Å². The van der Waals surface area contributed by atoms with Gasteiger partial charge in [-0.05, 0) is 52.4 Å². The van der Waals surface area contributed by atoms with Crippen molar-refractivity contribution < 1.29 is 14.0 Å². The Hall–Kier alpha value is -2.99. The molecule has 4 nitrogen and oxygen atoms in total. The minimum Gasteiger partial charge on any atom is -0.457 e. The van der Waals surface area contributed by atoms with Crippen molar-refractivity contribution in [2.45, 2.75) is 6.54 Å². The van der Waals surface area contributed by atoms with E-state index < -0.39 is 0 Å². The third-order valence-corrected chi connectivity index (χ3v) is 6.93. The first-order chi connectivity index (χ1) is 15.5. The molecule has 0 aliphatic carbocycles. The summed E-state index contributed by atoms with van der Waals surface area (Å²) in [6.07, 6.45) is 1.58. The number of halogens is 2. The molecule has 3 aromatic carbocycles. The van der Waals surface area contributed by atoms with E-state index >= 15 is 0 Å². The summed E-state index contributed by atoms with van der Waals surface area (Å²) in [5.74, 6) is 0.636. The molecule has 4 aromatic rings. The van der Waals surface area contributed by atoms with Gasteiger partial charge >= 0.3 is 0 Å². The van der Waals surface area contributed by atoms with Gasteiger partial charge in [-0.1, -0.05) is 71.7 Å². The lowest BCUT2D eigenvalue weighted by Crippen LogP contribution is -2.27. The van der Waals surface area contributed by atoms with Crippen LogP contribution in [-0.2, 0) is 11.3 Å². The van der Waals surface area contributed by atoms with Crippen LogP contribution < -0.4 is 0 Å². The molecule has 5 rings (SSSR count). The number of furan rings is 1. The average molecular weight is 480 g/mol. The Bertz CT molecular complexity index is 1400. The molecule has 158 valence electrons. The van der Waals surface area contributed by atoms with Gasteiger partial charge in [-0.3, -0.25) is 14.5 Å². The molecule has 0 spiro atoms. The van der Waals surface area contributed by atoms with E-state index in [1.807, 2.05) is 42.5 Å². The van der Waals surface area contributed by atoms with Crippen LogP contribution in [0.1, 0.15) is 11.3 Å². The van der Waals surface area contributed by atoms with Gasteiger partial charge in [-0.2, -0.15) is 0 Å². The number of nitrogens with zero attached hydrogens (tertiary/aromatic N) is 1. The molecule has 32 heavy (non-hydrogen) atoms. The quantitative estimate of drug-likeness (QED) is 0.282. The molecule has 7 heteroatoms. The molecule has 2 amide bonds. The third-order valence-electron chi connectivity index (χ3n) is 5.20. The number of imide groups is 1. The lowest BCUT2D eigenvalue weighted by atomic mass is 10.0. The summed E-state index contributed by atoms with van der Waals surface area (Å²) in [5, 5.41) is 2.60. The summed E-state index contributed by atoms with van der Waals surface area (Å²) in [5.41, 5.74) is 1.57. The van der Waals surface area contributed by atoms with Gasteiger partial charge in [0.15, 0.2) is 0 Å². The van der Waals surface area contributed by atoms with Crippen LogP contribution >= 0.6 is 35.0 Å². The molecule has 1 saturated heterocycles. The summed E-state index contributed by atoms with van der Waals surface area (Å²) in [4.78, 5) is 27.1. The molecule has 2 heterocycles. The normalized spacial score (nSPS) is 15.3. The Labute approximate surface area is 198 Å². The van der Waals surface area contributed by atoms with Crippen molar-refractivity contribution in [3.8, 4) is 11.3 Å². The second-order valence-corrected chi connectivity index (χ2v) is 8.99. The fourth-order valence-electron chi connectivity index (χ4n) is 3.64. The molecular formula is C25H15Cl2NO3S. The minimum atomic E-state index is -0.341. The Morgan fingerprint density at radius 1 is 0.906 bits per heavy atom. The first-order valence-electron chi connectivity index (χ1n) is 9.77. The number of hydrogen-bond donors (Lipinski definition) is 0. The number of hydrogen-bond acceptors (Lipinski definition) is 4. The standard InChI is InChI=1S/C25H15Cl2NO3S/c26-20-10-4-9-19(23(20)27)21-12-11-17(31-21)13-22-24(29)28(25(30)32-22)14-16-7-3-6-15-5-1-2-8-18(15)16/h1-13H,14H2/b22-13-. The van der Waals surface area contributed by atoms with Gasteiger partial charge in [0.25, 0.3) is 11.1 Å².